The van der Waals surface area contributed by atoms with Crippen LogP contribution < -0.4 is 5.32 Å². The van der Waals surface area contributed by atoms with Gasteiger partial charge in [-0.3, -0.25) is 0 Å². The molecule has 6 heteroatoms. The Labute approximate surface area is 136 Å². The molecular formula is C17H24N2O4. The molecule has 0 spiro atoms. The van der Waals surface area contributed by atoms with E-state index in [4.69, 9.17) is 9.47 Å². The Hall–Kier alpha value is -2.24. The first-order valence-corrected chi connectivity index (χ1v) is 8.08. The van der Waals surface area contributed by atoms with E-state index in [0.29, 0.717) is 26.1 Å². The molecule has 1 heterocycles. The van der Waals surface area contributed by atoms with E-state index in [1.165, 1.54) is 0 Å². The molecule has 1 aliphatic heterocycles. The maximum atomic E-state index is 11.8. The number of hydrogen-bond acceptors (Lipinski definition) is 4. The minimum Gasteiger partial charge on any atom is -0.449 e. The number of alkyl carbamates (subject to hydrolysis) is 1. The highest BCUT2D eigenvalue weighted by molar-refractivity contribution is 5.70. The number of rotatable bonds is 6. The summed E-state index contributed by atoms with van der Waals surface area (Å²) < 4.78 is 10.3. The number of carbonyl (C=O) groups is 2. The Morgan fingerprint density at radius 3 is 2.78 bits per heavy atom. The molecule has 1 N–H and O–H groups in total. The van der Waals surface area contributed by atoms with Crippen molar-refractivity contribution >= 4 is 12.2 Å². The Morgan fingerprint density at radius 1 is 1.26 bits per heavy atom. The van der Waals surface area contributed by atoms with Gasteiger partial charge < -0.3 is 19.7 Å². The number of carbonyl (C=O) groups excluding carboxylic acids is 2. The molecule has 2 rings (SSSR count). The zero-order valence-corrected chi connectivity index (χ0v) is 13.5. The molecule has 0 bridgehead atoms. The third-order valence-electron chi connectivity index (χ3n) is 3.70. The second kappa shape index (κ2) is 9.02. The third-order valence-corrected chi connectivity index (χ3v) is 3.70. The minimum atomic E-state index is -0.458. The molecule has 6 nitrogen and oxygen atoms in total. The van der Waals surface area contributed by atoms with Crippen LogP contribution >= 0.6 is 0 Å². The maximum absolute atomic E-state index is 11.8. The third kappa shape index (κ3) is 5.81. The summed E-state index contributed by atoms with van der Waals surface area (Å²) in [4.78, 5) is 25.2. The largest absolute Gasteiger partial charge is 0.449 e. The molecular weight excluding hydrogens is 296 g/mol. The highest BCUT2D eigenvalue weighted by Gasteiger charge is 2.28. The fourth-order valence-electron chi connectivity index (χ4n) is 2.37. The normalized spacial score (nSPS) is 16.9. The lowest BCUT2D eigenvalue weighted by Gasteiger charge is -2.16. The number of nitrogens with one attached hydrogen (secondary N) is 1. The Bertz CT molecular complexity index is 507. The summed E-state index contributed by atoms with van der Waals surface area (Å²) >= 11 is 0. The molecule has 126 valence electrons. The maximum Gasteiger partial charge on any atom is 0.409 e. The Balaban J connectivity index is 1.66. The molecule has 23 heavy (non-hydrogen) atoms. The van der Waals surface area contributed by atoms with E-state index in [-0.39, 0.29) is 18.7 Å². The van der Waals surface area contributed by atoms with E-state index in [2.05, 4.69) is 5.32 Å². The van der Waals surface area contributed by atoms with E-state index in [0.717, 1.165) is 18.4 Å². The summed E-state index contributed by atoms with van der Waals surface area (Å²) in [5.74, 6) is 0. The molecule has 1 saturated heterocycles. The van der Waals surface area contributed by atoms with Crippen LogP contribution in [0.4, 0.5) is 9.59 Å². The van der Waals surface area contributed by atoms with Gasteiger partial charge in [-0.15, -0.1) is 0 Å². The van der Waals surface area contributed by atoms with Crippen molar-refractivity contribution in [1.29, 1.82) is 0 Å². The first-order chi connectivity index (χ1) is 11.2. The van der Waals surface area contributed by atoms with E-state index >= 15 is 0 Å². The number of unbranched alkanes of at least 4 members (excludes halogenated alkanes) is 1. The molecule has 1 fully saturated rings. The van der Waals surface area contributed by atoms with Gasteiger partial charge >= 0.3 is 12.2 Å². The molecule has 0 aliphatic carbocycles. The lowest BCUT2D eigenvalue weighted by atomic mass is 10.2. The van der Waals surface area contributed by atoms with Crippen molar-refractivity contribution in [2.75, 3.05) is 19.7 Å². The van der Waals surface area contributed by atoms with Gasteiger partial charge in [0.2, 0.25) is 0 Å². The van der Waals surface area contributed by atoms with Gasteiger partial charge in [-0.2, -0.15) is 0 Å². The zero-order valence-electron chi connectivity index (χ0n) is 13.5. The molecule has 2 amide bonds. The lowest BCUT2D eigenvalue weighted by Crippen LogP contribution is -2.38. The molecule has 0 saturated carbocycles. The lowest BCUT2D eigenvalue weighted by molar-refractivity contribution is 0.107. The standard InChI is InChI=1S/C17H24N2O4/c1-2-3-11-22-17(21)19-10-9-15(12-19)18-16(20)23-13-14-7-5-4-6-8-14/h4-8,15H,2-3,9-13H2,1H3,(H,18,20). The fraction of sp³-hybridized carbons (Fsp3) is 0.529. The van der Waals surface area contributed by atoms with Crippen LogP contribution in [0.2, 0.25) is 0 Å². The smallest absolute Gasteiger partial charge is 0.409 e. The fourth-order valence-corrected chi connectivity index (χ4v) is 2.37. The summed E-state index contributed by atoms with van der Waals surface area (Å²) in [5.41, 5.74) is 0.940. The first-order valence-electron chi connectivity index (χ1n) is 8.08. The summed E-state index contributed by atoms with van der Waals surface area (Å²) in [6.45, 7) is 3.79. The number of nitrogens with zero attached hydrogens (tertiary/aromatic N) is 1. The van der Waals surface area contributed by atoms with E-state index < -0.39 is 6.09 Å². The summed E-state index contributed by atoms with van der Waals surface area (Å²) in [6.07, 6.45) is 1.81. The predicted octanol–water partition coefficient (Wildman–Crippen LogP) is 2.92. The summed E-state index contributed by atoms with van der Waals surface area (Å²) in [7, 11) is 0. The van der Waals surface area contributed by atoms with Gasteiger partial charge in [0.15, 0.2) is 0 Å². The molecule has 1 atom stereocenters. The second-order valence-corrected chi connectivity index (χ2v) is 5.61. The van der Waals surface area contributed by atoms with Gasteiger partial charge in [0.1, 0.15) is 6.61 Å². The monoisotopic (exact) mass is 320 g/mol. The number of likely N-dealkylation sites (tertiary alicyclic amines) is 1. The van der Waals surface area contributed by atoms with Crippen LogP contribution in [0.1, 0.15) is 31.7 Å². The molecule has 1 unspecified atom stereocenters. The number of benzene rings is 1. The highest BCUT2D eigenvalue weighted by atomic mass is 16.6. The molecule has 0 radical (unpaired) electrons. The van der Waals surface area contributed by atoms with E-state index in [1.54, 1.807) is 4.90 Å². The average Bonchev–Trinajstić information content (AvgIpc) is 3.02. The van der Waals surface area contributed by atoms with Crippen LogP contribution in [0.25, 0.3) is 0 Å². The van der Waals surface area contributed by atoms with Gasteiger partial charge in [-0.25, -0.2) is 9.59 Å². The summed E-state index contributed by atoms with van der Waals surface area (Å²) in [6, 6.07) is 9.42. The van der Waals surface area contributed by atoms with Crippen molar-refractivity contribution in [3.63, 3.8) is 0 Å². The number of amides is 2. The van der Waals surface area contributed by atoms with Gasteiger partial charge in [-0.05, 0) is 18.4 Å². The van der Waals surface area contributed by atoms with Crippen molar-refractivity contribution < 1.29 is 19.1 Å². The zero-order chi connectivity index (χ0) is 16.5. The number of ether oxygens (including phenoxy) is 2. The van der Waals surface area contributed by atoms with Crippen LogP contribution in [0.15, 0.2) is 30.3 Å². The molecule has 0 aromatic heterocycles. The van der Waals surface area contributed by atoms with Crippen molar-refractivity contribution in [1.82, 2.24) is 10.2 Å². The number of hydrogen-bond donors (Lipinski definition) is 1. The average molecular weight is 320 g/mol. The van der Waals surface area contributed by atoms with Gasteiger partial charge in [0.05, 0.1) is 12.6 Å². The van der Waals surface area contributed by atoms with Gasteiger partial charge in [0.25, 0.3) is 0 Å². The quantitative estimate of drug-likeness (QED) is 0.818. The second-order valence-electron chi connectivity index (χ2n) is 5.61. The Kier molecular flexibility index (Phi) is 6.72. The molecule has 1 aliphatic rings. The SMILES string of the molecule is CCCCOC(=O)N1CCC(NC(=O)OCc2ccccc2)C1. The topological polar surface area (TPSA) is 67.9 Å². The van der Waals surface area contributed by atoms with Crippen molar-refractivity contribution in [2.45, 2.75) is 38.8 Å². The first kappa shape index (κ1) is 17.1. The van der Waals surface area contributed by atoms with Crippen LogP contribution in [0, 0.1) is 0 Å². The van der Waals surface area contributed by atoms with Crippen LogP contribution in [-0.2, 0) is 16.1 Å². The van der Waals surface area contributed by atoms with Crippen LogP contribution in [-0.4, -0.2) is 42.8 Å². The van der Waals surface area contributed by atoms with Crippen molar-refractivity contribution in [2.24, 2.45) is 0 Å². The molecule has 1 aromatic rings. The predicted molar refractivity (Wildman–Crippen MR) is 86.0 cm³/mol. The van der Waals surface area contributed by atoms with Gasteiger partial charge in [0, 0.05) is 13.1 Å². The molecule has 1 aromatic carbocycles. The van der Waals surface area contributed by atoms with Crippen LogP contribution in [0.3, 0.4) is 0 Å². The van der Waals surface area contributed by atoms with Crippen LogP contribution in [0.5, 0.6) is 0 Å². The highest BCUT2D eigenvalue weighted by Crippen LogP contribution is 2.11. The Morgan fingerprint density at radius 2 is 2.04 bits per heavy atom. The van der Waals surface area contributed by atoms with Crippen molar-refractivity contribution in [3.8, 4) is 0 Å². The van der Waals surface area contributed by atoms with Crippen molar-refractivity contribution in [3.05, 3.63) is 35.9 Å². The summed E-state index contributed by atoms with van der Waals surface area (Å²) in [5, 5.41) is 2.79. The van der Waals surface area contributed by atoms with E-state index in [1.807, 2.05) is 37.3 Å². The van der Waals surface area contributed by atoms with E-state index in [9.17, 15) is 9.59 Å². The van der Waals surface area contributed by atoms with Gasteiger partial charge in [-0.1, -0.05) is 43.7 Å². The minimum absolute atomic E-state index is 0.0861.